The van der Waals surface area contributed by atoms with E-state index in [4.69, 9.17) is 4.74 Å². The van der Waals surface area contributed by atoms with Gasteiger partial charge in [-0.25, -0.2) is 0 Å². The number of carbonyl (C=O) groups is 1. The highest BCUT2D eigenvalue weighted by Gasteiger charge is 2.14. The summed E-state index contributed by atoms with van der Waals surface area (Å²) in [4.78, 5) is 23.3. The normalized spacial score (nSPS) is 15.8. The Morgan fingerprint density at radius 1 is 1.30 bits per heavy atom. The van der Waals surface area contributed by atoms with Gasteiger partial charge >= 0.3 is 0 Å². The second-order valence-corrected chi connectivity index (χ2v) is 4.67. The fourth-order valence-corrected chi connectivity index (χ4v) is 2.10. The number of morpholine rings is 1. The van der Waals surface area contributed by atoms with Crippen LogP contribution < -0.4 is 10.2 Å². The molecule has 7 nitrogen and oxygen atoms in total. The number of benzene rings is 1. The number of hydrogen-bond acceptors (Lipinski definition) is 4. The maximum absolute atomic E-state index is 11.9. The van der Waals surface area contributed by atoms with Gasteiger partial charge in [-0.3, -0.25) is 14.9 Å². The van der Waals surface area contributed by atoms with Crippen LogP contribution in [0.5, 0.6) is 0 Å². The Labute approximate surface area is 116 Å². The number of amides is 1. The number of non-ortho nitro benzene ring substituents is 1. The van der Waals surface area contributed by atoms with Crippen molar-refractivity contribution in [3.05, 3.63) is 39.9 Å². The summed E-state index contributed by atoms with van der Waals surface area (Å²) in [5, 5.41) is 13.3. The summed E-state index contributed by atoms with van der Waals surface area (Å²) >= 11 is 0. The molecule has 108 valence electrons. The Morgan fingerprint density at radius 3 is 2.55 bits per heavy atom. The van der Waals surface area contributed by atoms with Crippen LogP contribution in [0.2, 0.25) is 0 Å². The number of nitrogens with zero attached hydrogens (tertiary/aromatic N) is 1. The molecule has 1 fully saturated rings. The number of quaternary nitrogens is 1. The van der Waals surface area contributed by atoms with Crippen LogP contribution in [0.3, 0.4) is 0 Å². The van der Waals surface area contributed by atoms with E-state index in [0.717, 1.165) is 32.8 Å². The van der Waals surface area contributed by atoms with Crippen molar-refractivity contribution in [2.24, 2.45) is 0 Å². The minimum atomic E-state index is -0.483. The van der Waals surface area contributed by atoms with Gasteiger partial charge in [-0.15, -0.1) is 0 Å². The molecule has 1 heterocycles. The quantitative estimate of drug-likeness (QED) is 0.548. The van der Waals surface area contributed by atoms with Gasteiger partial charge in [0.05, 0.1) is 31.2 Å². The smallest absolute Gasteiger partial charge is 0.269 e. The Hall–Kier alpha value is -1.99. The number of nitrogens with one attached hydrogen (secondary N) is 2. The van der Waals surface area contributed by atoms with Crippen LogP contribution in [0, 0.1) is 10.1 Å². The van der Waals surface area contributed by atoms with Crippen molar-refractivity contribution in [3.63, 3.8) is 0 Å². The molecule has 0 bridgehead atoms. The SMILES string of the molecule is O=C(NCC[NH+]1CCOCC1)c1ccc([N+](=O)[O-])cc1. The molecular weight excluding hydrogens is 262 g/mol. The zero-order valence-corrected chi connectivity index (χ0v) is 11.1. The largest absolute Gasteiger partial charge is 0.370 e. The lowest BCUT2D eigenvalue weighted by Gasteiger charge is -2.23. The highest BCUT2D eigenvalue weighted by atomic mass is 16.6. The lowest BCUT2D eigenvalue weighted by Crippen LogP contribution is -3.14. The van der Waals surface area contributed by atoms with Crippen LogP contribution in [0.15, 0.2) is 24.3 Å². The van der Waals surface area contributed by atoms with Crippen LogP contribution in [0.25, 0.3) is 0 Å². The second-order valence-electron chi connectivity index (χ2n) is 4.67. The van der Waals surface area contributed by atoms with Crippen LogP contribution >= 0.6 is 0 Å². The average Bonchev–Trinajstić information content (AvgIpc) is 2.48. The lowest BCUT2D eigenvalue weighted by molar-refractivity contribution is -0.906. The van der Waals surface area contributed by atoms with Crippen molar-refractivity contribution in [2.75, 3.05) is 39.4 Å². The number of carbonyl (C=O) groups excluding carboxylic acids is 1. The van der Waals surface area contributed by atoms with E-state index in [1.54, 1.807) is 0 Å². The highest BCUT2D eigenvalue weighted by Crippen LogP contribution is 2.11. The molecule has 0 spiro atoms. The maximum atomic E-state index is 11.9. The third kappa shape index (κ3) is 4.01. The van der Waals surface area contributed by atoms with Gasteiger partial charge in [0.1, 0.15) is 13.1 Å². The summed E-state index contributed by atoms with van der Waals surface area (Å²) < 4.78 is 5.26. The zero-order chi connectivity index (χ0) is 14.4. The van der Waals surface area contributed by atoms with Gasteiger partial charge in [0.25, 0.3) is 11.6 Å². The Bertz CT molecular complexity index is 469. The van der Waals surface area contributed by atoms with Crippen LogP contribution in [-0.4, -0.2) is 50.2 Å². The molecule has 7 heteroatoms. The molecule has 2 rings (SSSR count). The molecule has 1 aromatic carbocycles. The predicted molar refractivity (Wildman–Crippen MR) is 71.8 cm³/mol. The topological polar surface area (TPSA) is 85.9 Å². The van der Waals surface area contributed by atoms with Crippen LogP contribution in [-0.2, 0) is 4.74 Å². The Balaban J connectivity index is 1.77. The third-order valence-electron chi connectivity index (χ3n) is 3.30. The molecule has 0 unspecified atom stereocenters. The summed E-state index contributed by atoms with van der Waals surface area (Å²) in [5.41, 5.74) is 0.423. The van der Waals surface area contributed by atoms with E-state index >= 15 is 0 Å². The van der Waals surface area contributed by atoms with Crippen molar-refractivity contribution in [3.8, 4) is 0 Å². The van der Waals surface area contributed by atoms with Gasteiger partial charge in [-0.2, -0.15) is 0 Å². The minimum absolute atomic E-state index is 0.0145. The first-order valence-electron chi connectivity index (χ1n) is 6.61. The molecule has 1 aliphatic rings. The molecule has 0 atom stereocenters. The van der Waals surface area contributed by atoms with Crippen molar-refractivity contribution in [1.29, 1.82) is 0 Å². The molecule has 1 saturated heterocycles. The first-order chi connectivity index (χ1) is 9.66. The van der Waals surface area contributed by atoms with Crippen molar-refractivity contribution in [2.45, 2.75) is 0 Å². The number of nitro benzene ring substituents is 1. The minimum Gasteiger partial charge on any atom is -0.370 e. The molecule has 0 saturated carbocycles. The number of nitro groups is 1. The molecule has 0 aromatic heterocycles. The summed E-state index contributed by atoms with van der Waals surface area (Å²) in [6, 6.07) is 5.61. The van der Waals surface area contributed by atoms with Gasteiger partial charge in [0.15, 0.2) is 0 Å². The molecule has 20 heavy (non-hydrogen) atoms. The van der Waals surface area contributed by atoms with Crippen LogP contribution in [0.4, 0.5) is 5.69 Å². The van der Waals surface area contributed by atoms with Crippen LogP contribution in [0.1, 0.15) is 10.4 Å². The first-order valence-corrected chi connectivity index (χ1v) is 6.61. The summed E-state index contributed by atoms with van der Waals surface area (Å²) in [6.45, 7) is 4.92. The zero-order valence-electron chi connectivity index (χ0n) is 11.1. The predicted octanol–water partition coefficient (Wildman–Crippen LogP) is -0.760. The maximum Gasteiger partial charge on any atom is 0.269 e. The molecule has 1 amide bonds. The van der Waals surface area contributed by atoms with Gasteiger partial charge in [-0.05, 0) is 12.1 Å². The number of ether oxygens (including phenoxy) is 1. The molecule has 0 aliphatic carbocycles. The van der Waals surface area contributed by atoms with Crippen molar-refractivity contribution >= 4 is 11.6 Å². The van der Waals surface area contributed by atoms with E-state index in [2.05, 4.69) is 5.32 Å². The molecule has 0 radical (unpaired) electrons. The fourth-order valence-electron chi connectivity index (χ4n) is 2.10. The standard InChI is InChI=1S/C13H17N3O4/c17-13(11-1-3-12(4-2-11)16(18)19)14-5-6-15-7-9-20-10-8-15/h1-4H,5-10H2,(H,14,17)/p+1. The van der Waals surface area contributed by atoms with Gasteiger partial charge in [-0.1, -0.05) is 0 Å². The average molecular weight is 280 g/mol. The molecule has 1 aliphatic heterocycles. The van der Waals surface area contributed by atoms with E-state index < -0.39 is 4.92 Å². The summed E-state index contributed by atoms with van der Waals surface area (Å²) in [7, 11) is 0. The number of hydrogen-bond donors (Lipinski definition) is 2. The summed E-state index contributed by atoms with van der Waals surface area (Å²) in [5.74, 6) is -0.201. The molecule has 2 N–H and O–H groups in total. The monoisotopic (exact) mass is 280 g/mol. The van der Waals surface area contributed by atoms with E-state index in [1.165, 1.54) is 29.2 Å². The van der Waals surface area contributed by atoms with E-state index in [1.807, 2.05) is 0 Å². The van der Waals surface area contributed by atoms with Gasteiger partial charge in [0, 0.05) is 17.7 Å². The van der Waals surface area contributed by atoms with Gasteiger partial charge in [0.2, 0.25) is 0 Å². The van der Waals surface area contributed by atoms with E-state index in [-0.39, 0.29) is 11.6 Å². The van der Waals surface area contributed by atoms with E-state index in [9.17, 15) is 14.9 Å². The van der Waals surface area contributed by atoms with Gasteiger partial charge < -0.3 is 15.0 Å². The van der Waals surface area contributed by atoms with E-state index in [0.29, 0.717) is 12.1 Å². The summed E-state index contributed by atoms with van der Waals surface area (Å²) in [6.07, 6.45) is 0. The second kappa shape index (κ2) is 6.97. The first kappa shape index (κ1) is 14.4. The Kier molecular flexibility index (Phi) is 5.03. The Morgan fingerprint density at radius 2 is 1.95 bits per heavy atom. The third-order valence-corrected chi connectivity index (χ3v) is 3.30. The number of rotatable bonds is 5. The van der Waals surface area contributed by atoms with Crippen molar-refractivity contribution < 1.29 is 19.4 Å². The lowest BCUT2D eigenvalue weighted by atomic mass is 10.2. The highest BCUT2D eigenvalue weighted by molar-refractivity contribution is 5.94. The van der Waals surface area contributed by atoms with Crippen molar-refractivity contribution in [1.82, 2.24) is 5.32 Å². The fraction of sp³-hybridized carbons (Fsp3) is 0.462. The molecular formula is C13H18N3O4+. The molecule has 1 aromatic rings.